The molecule has 0 spiro atoms. The Morgan fingerprint density at radius 3 is 2.10 bits per heavy atom. The molecule has 0 amide bonds. The van der Waals surface area contributed by atoms with Crippen LogP contribution in [-0.2, 0) is 23.7 Å². The normalized spacial score (nSPS) is 11.3. The third-order valence-corrected chi connectivity index (χ3v) is 3.66. The number of hydrogen-bond acceptors (Lipinski definition) is 9. The zero-order valence-electron chi connectivity index (χ0n) is 17.4. The van der Waals surface area contributed by atoms with Gasteiger partial charge in [0.15, 0.2) is 11.5 Å². The van der Waals surface area contributed by atoms with Gasteiger partial charge < -0.3 is 33.5 Å². The molecule has 0 aromatic heterocycles. The van der Waals surface area contributed by atoms with Crippen LogP contribution >= 0.6 is 0 Å². The number of esters is 1. The van der Waals surface area contributed by atoms with Gasteiger partial charge >= 0.3 is 5.97 Å². The zero-order valence-corrected chi connectivity index (χ0v) is 17.4. The van der Waals surface area contributed by atoms with E-state index in [1.54, 1.807) is 31.4 Å². The van der Waals surface area contributed by atoms with Gasteiger partial charge in [0.25, 0.3) is 0 Å². The first-order valence-electron chi connectivity index (χ1n) is 9.12. The smallest absolute Gasteiger partial charge is 0.348 e. The van der Waals surface area contributed by atoms with E-state index in [0.29, 0.717) is 32.0 Å². The zero-order chi connectivity index (χ0) is 22.2. The third kappa shape index (κ3) is 8.96. The number of hydrogen-bond donors (Lipinski definition) is 1. The summed E-state index contributed by atoms with van der Waals surface area (Å²) in [4.78, 5) is 12.0. The van der Waals surface area contributed by atoms with Crippen LogP contribution in [0.5, 0.6) is 17.2 Å². The number of allylic oxidation sites excluding steroid dienone is 2. The van der Waals surface area contributed by atoms with Gasteiger partial charge in [-0.05, 0) is 23.8 Å². The van der Waals surface area contributed by atoms with E-state index in [2.05, 4.69) is 0 Å². The van der Waals surface area contributed by atoms with Gasteiger partial charge in [0, 0.05) is 7.11 Å². The molecular weight excluding hydrogens is 394 g/mol. The van der Waals surface area contributed by atoms with Crippen molar-refractivity contribution in [3.05, 3.63) is 35.4 Å². The lowest BCUT2D eigenvalue weighted by Gasteiger charge is -2.09. The van der Waals surface area contributed by atoms with E-state index in [4.69, 9.17) is 33.7 Å². The van der Waals surface area contributed by atoms with Crippen LogP contribution in [0, 0.1) is 11.3 Å². The van der Waals surface area contributed by atoms with Crippen LogP contribution in [0.4, 0.5) is 0 Å². The summed E-state index contributed by atoms with van der Waals surface area (Å²) in [7, 11) is 4.43. The number of carbonyl (C=O) groups excluding carboxylic acids is 1. The van der Waals surface area contributed by atoms with Crippen LogP contribution < -0.4 is 9.47 Å². The first-order chi connectivity index (χ1) is 14.6. The Morgan fingerprint density at radius 1 is 1.00 bits per heavy atom. The molecule has 0 aliphatic carbocycles. The van der Waals surface area contributed by atoms with Crippen molar-refractivity contribution < 1.29 is 38.3 Å². The highest BCUT2D eigenvalue weighted by molar-refractivity contribution is 5.93. The molecule has 1 N–H and O–H groups in total. The Bertz CT molecular complexity index is 742. The summed E-state index contributed by atoms with van der Waals surface area (Å²) >= 11 is 0. The van der Waals surface area contributed by atoms with Crippen molar-refractivity contribution in [2.75, 3.05) is 61.0 Å². The van der Waals surface area contributed by atoms with Crippen molar-refractivity contribution in [1.82, 2.24) is 0 Å². The summed E-state index contributed by atoms with van der Waals surface area (Å²) in [5, 5.41) is 19.1. The fraction of sp³-hybridized carbons (Fsp3) is 0.429. The lowest BCUT2D eigenvalue weighted by molar-refractivity contribution is -0.140. The SMILES string of the molecule is COCCOCCOCCOC(=O)C(C#N)=CC=Cc1cc(OC)c(O)c(OC)c1. The number of phenolic OH excluding ortho intramolecular Hbond substituents is 1. The van der Waals surface area contributed by atoms with Crippen molar-refractivity contribution in [2.24, 2.45) is 0 Å². The molecule has 0 saturated heterocycles. The summed E-state index contributed by atoms with van der Waals surface area (Å²) in [5.41, 5.74) is 0.483. The molecular formula is C21H27NO8. The quantitative estimate of drug-likeness (QED) is 0.158. The van der Waals surface area contributed by atoms with Gasteiger partial charge in [-0.3, -0.25) is 0 Å². The molecule has 9 heteroatoms. The van der Waals surface area contributed by atoms with Gasteiger partial charge in [0.2, 0.25) is 5.75 Å². The Kier molecular flexibility index (Phi) is 12.4. The second-order valence-electron chi connectivity index (χ2n) is 5.68. The first-order valence-corrected chi connectivity index (χ1v) is 9.12. The van der Waals surface area contributed by atoms with Crippen LogP contribution in [0.2, 0.25) is 0 Å². The van der Waals surface area contributed by atoms with Crippen molar-refractivity contribution in [1.29, 1.82) is 5.26 Å². The van der Waals surface area contributed by atoms with E-state index < -0.39 is 5.97 Å². The molecule has 1 rings (SSSR count). The Hall–Kier alpha value is -3.06. The van der Waals surface area contributed by atoms with E-state index in [1.807, 2.05) is 0 Å². The van der Waals surface area contributed by atoms with E-state index in [-0.39, 0.29) is 36.0 Å². The van der Waals surface area contributed by atoms with Gasteiger partial charge in [0.05, 0.1) is 47.3 Å². The number of aromatic hydroxyl groups is 1. The number of ether oxygens (including phenoxy) is 6. The molecule has 30 heavy (non-hydrogen) atoms. The maximum absolute atomic E-state index is 12.0. The molecule has 1 aromatic carbocycles. The van der Waals surface area contributed by atoms with Crippen LogP contribution in [0.1, 0.15) is 5.56 Å². The van der Waals surface area contributed by atoms with Crippen LogP contribution in [0.3, 0.4) is 0 Å². The Morgan fingerprint density at radius 2 is 1.57 bits per heavy atom. The lowest BCUT2D eigenvalue weighted by Crippen LogP contribution is -2.14. The molecule has 0 aliphatic heterocycles. The third-order valence-electron chi connectivity index (χ3n) is 3.66. The van der Waals surface area contributed by atoms with Gasteiger partial charge in [-0.2, -0.15) is 5.26 Å². The standard InChI is InChI=1S/C21H27NO8/c1-25-7-8-28-9-10-29-11-12-30-21(24)17(15-22)6-4-5-16-13-18(26-2)20(23)19(14-16)27-3/h4-6,13-14,23H,7-12H2,1-3H3. The van der Waals surface area contributed by atoms with Gasteiger partial charge in [0.1, 0.15) is 18.2 Å². The summed E-state index contributed by atoms with van der Waals surface area (Å²) < 4.78 is 30.5. The monoisotopic (exact) mass is 421 g/mol. The predicted octanol–water partition coefficient (Wildman–Crippen LogP) is 2.10. The van der Waals surface area contributed by atoms with Crippen molar-refractivity contribution in [2.45, 2.75) is 0 Å². The molecule has 0 saturated carbocycles. The minimum absolute atomic E-state index is 0.0198. The van der Waals surface area contributed by atoms with Gasteiger partial charge in [-0.25, -0.2) is 4.79 Å². The average molecular weight is 421 g/mol. The second-order valence-corrected chi connectivity index (χ2v) is 5.68. The summed E-state index contributed by atoms with van der Waals surface area (Å²) in [6, 6.07) is 4.97. The fourth-order valence-corrected chi connectivity index (χ4v) is 2.15. The summed E-state index contributed by atoms with van der Waals surface area (Å²) in [6.07, 6.45) is 4.47. The maximum atomic E-state index is 12.0. The molecule has 0 heterocycles. The highest BCUT2D eigenvalue weighted by atomic mass is 16.6. The van der Waals surface area contributed by atoms with E-state index in [9.17, 15) is 9.90 Å². The number of phenols is 1. The number of nitriles is 1. The van der Waals surface area contributed by atoms with E-state index in [0.717, 1.165) is 0 Å². The van der Waals surface area contributed by atoms with Crippen molar-refractivity contribution in [3.63, 3.8) is 0 Å². The second kappa shape index (κ2) is 14.9. The summed E-state index contributed by atoms with van der Waals surface area (Å²) in [6.45, 7) is 2.00. The molecule has 0 bridgehead atoms. The van der Waals surface area contributed by atoms with E-state index in [1.165, 1.54) is 26.4 Å². The summed E-state index contributed by atoms with van der Waals surface area (Å²) in [5.74, 6) is -0.385. The average Bonchev–Trinajstić information content (AvgIpc) is 2.76. The highest BCUT2D eigenvalue weighted by Gasteiger charge is 2.11. The van der Waals surface area contributed by atoms with Crippen LogP contribution in [0.25, 0.3) is 6.08 Å². The van der Waals surface area contributed by atoms with Gasteiger partial charge in [-0.15, -0.1) is 0 Å². The minimum Gasteiger partial charge on any atom is -0.502 e. The minimum atomic E-state index is -0.747. The predicted molar refractivity (Wildman–Crippen MR) is 108 cm³/mol. The molecule has 1 aromatic rings. The molecule has 0 fully saturated rings. The largest absolute Gasteiger partial charge is 0.502 e. The van der Waals surface area contributed by atoms with Crippen LogP contribution in [-0.4, -0.2) is 72.0 Å². The lowest BCUT2D eigenvalue weighted by atomic mass is 10.1. The number of carbonyl (C=O) groups is 1. The molecule has 0 radical (unpaired) electrons. The maximum Gasteiger partial charge on any atom is 0.348 e. The Balaban J connectivity index is 2.50. The highest BCUT2D eigenvalue weighted by Crippen LogP contribution is 2.37. The fourth-order valence-electron chi connectivity index (χ4n) is 2.15. The molecule has 9 nitrogen and oxygen atoms in total. The molecule has 0 unspecified atom stereocenters. The number of methoxy groups -OCH3 is 3. The number of rotatable bonds is 14. The van der Waals surface area contributed by atoms with E-state index >= 15 is 0 Å². The molecule has 164 valence electrons. The van der Waals surface area contributed by atoms with Crippen molar-refractivity contribution in [3.8, 4) is 23.3 Å². The number of benzene rings is 1. The van der Waals surface area contributed by atoms with Crippen LogP contribution in [0.15, 0.2) is 29.9 Å². The first kappa shape index (κ1) is 25.0. The van der Waals surface area contributed by atoms with Gasteiger partial charge in [-0.1, -0.05) is 12.2 Å². The van der Waals surface area contributed by atoms with Crippen molar-refractivity contribution >= 4 is 12.0 Å². The topological polar surface area (TPSA) is 116 Å². The Labute approximate surface area is 176 Å². The molecule has 0 atom stereocenters. The number of nitrogens with zero attached hydrogens (tertiary/aromatic N) is 1. The molecule has 0 aliphatic rings.